The summed E-state index contributed by atoms with van der Waals surface area (Å²) in [5, 5.41) is 36.6. The number of carboxylic acids is 1. The Morgan fingerprint density at radius 1 is 1.41 bits per heavy atom. The van der Waals surface area contributed by atoms with E-state index in [1.54, 1.807) is 6.92 Å². The summed E-state index contributed by atoms with van der Waals surface area (Å²) in [5.74, 6) is -2.16. The second kappa shape index (κ2) is 7.68. The summed E-state index contributed by atoms with van der Waals surface area (Å²) in [4.78, 5) is 10.8. The number of aliphatic carboxylic acids is 1. The van der Waals surface area contributed by atoms with Crippen molar-refractivity contribution in [2.75, 3.05) is 6.61 Å². The predicted molar refractivity (Wildman–Crippen MR) is 53.8 cm³/mol. The van der Waals surface area contributed by atoms with Crippen molar-refractivity contribution in [3.63, 3.8) is 0 Å². The average molecular weight is 257 g/mol. The van der Waals surface area contributed by atoms with Crippen molar-refractivity contribution in [2.45, 2.75) is 44.2 Å². The van der Waals surface area contributed by atoms with Crippen LogP contribution in [0.4, 0.5) is 0 Å². The zero-order chi connectivity index (χ0) is 12.3. The van der Waals surface area contributed by atoms with Gasteiger partial charge in [0.05, 0.1) is 36.9 Å². The number of ether oxygens (including phenoxy) is 1. The maximum atomic E-state index is 10.8. The van der Waals surface area contributed by atoms with E-state index in [9.17, 15) is 15.0 Å². The molecular formula is C10H18NaO6+. The van der Waals surface area contributed by atoms with E-state index in [2.05, 4.69) is 0 Å². The van der Waals surface area contributed by atoms with Gasteiger partial charge in [0, 0.05) is 6.42 Å². The summed E-state index contributed by atoms with van der Waals surface area (Å²) >= 11 is 0. The average Bonchev–Trinajstić information content (AvgIpc) is 2.22. The molecule has 0 radical (unpaired) electrons. The monoisotopic (exact) mass is 257 g/mol. The Balaban J connectivity index is 0.00000256. The fourth-order valence-electron chi connectivity index (χ4n) is 1.93. The van der Waals surface area contributed by atoms with Crippen molar-refractivity contribution < 1.29 is 59.5 Å². The van der Waals surface area contributed by atoms with Crippen molar-refractivity contribution in [3.8, 4) is 0 Å². The van der Waals surface area contributed by atoms with Crippen LogP contribution in [-0.4, -0.2) is 57.4 Å². The summed E-state index contributed by atoms with van der Waals surface area (Å²) in [5.41, 5.74) is 0. The van der Waals surface area contributed by atoms with Crippen molar-refractivity contribution >= 4 is 5.97 Å². The first-order valence-corrected chi connectivity index (χ1v) is 5.31. The molecule has 1 fully saturated rings. The first-order chi connectivity index (χ1) is 7.45. The molecule has 0 aromatic heterocycles. The topological polar surface area (TPSA) is 107 Å². The smallest absolute Gasteiger partial charge is 0.481 e. The molecule has 7 heteroatoms. The Morgan fingerprint density at radius 3 is 2.47 bits per heavy atom. The third-order valence-corrected chi connectivity index (χ3v) is 2.83. The van der Waals surface area contributed by atoms with Crippen molar-refractivity contribution in [3.05, 3.63) is 0 Å². The van der Waals surface area contributed by atoms with Crippen LogP contribution in [0.15, 0.2) is 0 Å². The SMILES string of the molecule is CC(CO)OC1CC(O)C(O)C(C(=O)O)C1.[Na+]. The maximum absolute atomic E-state index is 10.8. The second-order valence-electron chi connectivity index (χ2n) is 4.23. The van der Waals surface area contributed by atoms with Gasteiger partial charge in [-0.05, 0) is 13.3 Å². The van der Waals surface area contributed by atoms with Crippen LogP contribution < -0.4 is 29.6 Å². The molecule has 94 valence electrons. The molecule has 6 nitrogen and oxygen atoms in total. The minimum absolute atomic E-state index is 0. The summed E-state index contributed by atoms with van der Waals surface area (Å²) in [6.07, 6.45) is -2.84. The van der Waals surface area contributed by atoms with Crippen LogP contribution in [0.25, 0.3) is 0 Å². The van der Waals surface area contributed by atoms with E-state index in [1.165, 1.54) is 0 Å². The third kappa shape index (κ3) is 4.82. The normalized spacial score (nSPS) is 34.8. The summed E-state index contributed by atoms with van der Waals surface area (Å²) in [6, 6.07) is 0. The zero-order valence-electron chi connectivity index (χ0n) is 10.1. The van der Waals surface area contributed by atoms with Crippen LogP contribution in [-0.2, 0) is 9.53 Å². The van der Waals surface area contributed by atoms with E-state index in [1.807, 2.05) is 0 Å². The quantitative estimate of drug-likeness (QED) is 0.382. The first-order valence-electron chi connectivity index (χ1n) is 5.31. The van der Waals surface area contributed by atoms with Gasteiger partial charge in [-0.2, -0.15) is 0 Å². The zero-order valence-corrected chi connectivity index (χ0v) is 12.1. The van der Waals surface area contributed by atoms with Crippen LogP contribution in [0, 0.1) is 5.92 Å². The Kier molecular flexibility index (Phi) is 7.82. The fraction of sp³-hybridized carbons (Fsp3) is 0.900. The number of aliphatic hydroxyl groups is 3. The van der Waals surface area contributed by atoms with Crippen LogP contribution >= 0.6 is 0 Å². The fourth-order valence-corrected chi connectivity index (χ4v) is 1.93. The van der Waals surface area contributed by atoms with E-state index in [0.717, 1.165) is 0 Å². The van der Waals surface area contributed by atoms with Gasteiger partial charge in [0.1, 0.15) is 0 Å². The van der Waals surface area contributed by atoms with Crippen molar-refractivity contribution in [1.29, 1.82) is 0 Å². The van der Waals surface area contributed by atoms with Gasteiger partial charge < -0.3 is 25.2 Å². The minimum Gasteiger partial charge on any atom is -0.481 e. The number of rotatable bonds is 4. The van der Waals surface area contributed by atoms with Gasteiger partial charge in [-0.3, -0.25) is 4.79 Å². The Bertz CT molecular complexity index is 247. The molecular weight excluding hydrogens is 239 g/mol. The van der Waals surface area contributed by atoms with E-state index in [-0.39, 0.29) is 49.0 Å². The third-order valence-electron chi connectivity index (χ3n) is 2.83. The Labute approximate surface area is 122 Å². The van der Waals surface area contributed by atoms with E-state index in [0.29, 0.717) is 0 Å². The summed E-state index contributed by atoms with van der Waals surface area (Å²) in [6.45, 7) is 1.50. The molecule has 4 N–H and O–H groups in total. The molecule has 0 aromatic carbocycles. The van der Waals surface area contributed by atoms with Gasteiger partial charge in [0.25, 0.3) is 0 Å². The molecule has 0 saturated heterocycles. The van der Waals surface area contributed by atoms with E-state index in [4.69, 9.17) is 14.9 Å². The molecule has 0 aromatic rings. The molecule has 17 heavy (non-hydrogen) atoms. The molecule has 1 aliphatic rings. The minimum atomic E-state index is -1.25. The predicted octanol–water partition coefficient (Wildman–Crippen LogP) is -4.03. The Morgan fingerprint density at radius 2 is 2.00 bits per heavy atom. The molecule has 0 amide bonds. The summed E-state index contributed by atoms with van der Waals surface area (Å²) < 4.78 is 5.36. The summed E-state index contributed by atoms with van der Waals surface area (Å²) in [7, 11) is 0. The van der Waals surface area contributed by atoms with Crippen LogP contribution in [0.2, 0.25) is 0 Å². The van der Waals surface area contributed by atoms with Crippen molar-refractivity contribution in [1.82, 2.24) is 0 Å². The molecule has 1 saturated carbocycles. The number of carbonyl (C=O) groups is 1. The largest absolute Gasteiger partial charge is 1.00 e. The van der Waals surface area contributed by atoms with Gasteiger partial charge in [0.15, 0.2) is 0 Å². The molecule has 1 rings (SSSR count). The van der Waals surface area contributed by atoms with Gasteiger partial charge in [-0.15, -0.1) is 0 Å². The van der Waals surface area contributed by atoms with Gasteiger partial charge in [0.2, 0.25) is 0 Å². The van der Waals surface area contributed by atoms with Crippen molar-refractivity contribution in [2.24, 2.45) is 5.92 Å². The van der Waals surface area contributed by atoms with Crippen LogP contribution in [0.1, 0.15) is 19.8 Å². The van der Waals surface area contributed by atoms with E-state index >= 15 is 0 Å². The number of hydrogen-bond donors (Lipinski definition) is 4. The second-order valence-corrected chi connectivity index (χ2v) is 4.23. The maximum Gasteiger partial charge on any atom is 1.00 e. The first kappa shape index (κ1) is 17.3. The van der Waals surface area contributed by atoms with Crippen LogP contribution in [0.3, 0.4) is 0 Å². The molecule has 0 spiro atoms. The number of aliphatic hydroxyl groups excluding tert-OH is 3. The number of carboxylic acid groups (broad SMARTS) is 1. The molecule has 0 aliphatic heterocycles. The molecule has 1 aliphatic carbocycles. The molecule has 5 unspecified atom stereocenters. The molecule has 5 atom stereocenters. The standard InChI is InChI=1S/C10H18O6.Na/c1-5(4-11)16-6-2-7(10(14)15)9(13)8(12)3-6;/h5-9,11-13H,2-4H2,1H3,(H,14,15);/q;+1. The Hall–Kier alpha value is 0.310. The number of hydrogen-bond acceptors (Lipinski definition) is 5. The molecule has 0 bridgehead atoms. The van der Waals surface area contributed by atoms with Gasteiger partial charge >= 0.3 is 35.5 Å². The van der Waals surface area contributed by atoms with Crippen LogP contribution in [0.5, 0.6) is 0 Å². The van der Waals surface area contributed by atoms with Gasteiger partial charge in [-0.25, -0.2) is 0 Å². The van der Waals surface area contributed by atoms with E-state index < -0.39 is 36.3 Å². The van der Waals surface area contributed by atoms with Gasteiger partial charge in [-0.1, -0.05) is 0 Å². The molecule has 0 heterocycles.